The summed E-state index contributed by atoms with van der Waals surface area (Å²) in [6, 6.07) is 25.8. The Kier molecular flexibility index (Phi) is 12.9. The first-order valence-electron chi connectivity index (χ1n) is 17.3. The summed E-state index contributed by atoms with van der Waals surface area (Å²) in [6.45, 7) is 10.8. The Morgan fingerprint density at radius 2 is 1.53 bits per heavy atom. The Bertz CT molecular complexity index is 1720. The van der Waals surface area contributed by atoms with Gasteiger partial charge in [0.2, 0.25) is 5.91 Å². The zero-order valence-corrected chi connectivity index (χ0v) is 31.2. The molecule has 0 aliphatic carbocycles. The molecule has 0 radical (unpaired) electrons. The minimum absolute atomic E-state index is 0.0174. The number of anilines is 3. The minimum atomic E-state index is -1.21. The van der Waals surface area contributed by atoms with Gasteiger partial charge < -0.3 is 34.7 Å². The predicted octanol–water partition coefficient (Wildman–Crippen LogP) is 6.66. The molecule has 3 heterocycles. The van der Waals surface area contributed by atoms with Crippen LogP contribution in [0.5, 0.6) is 0 Å². The van der Waals surface area contributed by atoms with E-state index in [4.69, 9.17) is 8.92 Å². The highest BCUT2D eigenvalue weighted by Gasteiger charge is 2.29. The number of hydrogen-bond acceptors (Lipinski definition) is 9. The van der Waals surface area contributed by atoms with E-state index in [-0.39, 0.29) is 29.9 Å². The fourth-order valence-corrected chi connectivity index (χ4v) is 5.95. The van der Waals surface area contributed by atoms with Crippen LogP contribution in [0.25, 0.3) is 11.1 Å². The molecule has 4 aromatic rings. The zero-order chi connectivity index (χ0) is 36.3. The molecular formula is C39H51N7O4S. The third kappa shape index (κ3) is 11.2. The molecule has 2 aromatic heterocycles. The SMILES string of the molecule is CC(C)(C)S(C)(C)OCc1cccc(Nc2cc(-c3ccc(NCCNCC(=O)N4CCN(C(=O)OCc5ccccc5)CC4)nc3)ccn2)c1. The number of nitrogens with one attached hydrogen (secondary N) is 3. The number of amides is 2. The quantitative estimate of drug-likeness (QED) is 0.123. The summed E-state index contributed by atoms with van der Waals surface area (Å²) in [7, 11) is -1.21. The van der Waals surface area contributed by atoms with Crippen LogP contribution >= 0.6 is 10.3 Å². The Hall–Kier alpha value is -4.65. The lowest BCUT2D eigenvalue weighted by atomic mass is 10.1. The Morgan fingerprint density at radius 1 is 0.784 bits per heavy atom. The van der Waals surface area contributed by atoms with E-state index in [9.17, 15) is 9.59 Å². The van der Waals surface area contributed by atoms with E-state index >= 15 is 0 Å². The third-order valence-electron chi connectivity index (χ3n) is 9.03. The van der Waals surface area contributed by atoms with Crippen LogP contribution in [0, 0.1) is 0 Å². The number of benzene rings is 2. The van der Waals surface area contributed by atoms with Gasteiger partial charge in [-0.2, -0.15) is 0 Å². The number of ether oxygens (including phenoxy) is 1. The molecule has 11 nitrogen and oxygen atoms in total. The molecule has 1 fully saturated rings. The van der Waals surface area contributed by atoms with Gasteiger partial charge in [0.25, 0.3) is 0 Å². The van der Waals surface area contributed by atoms with Crippen molar-refractivity contribution in [2.24, 2.45) is 0 Å². The number of rotatable bonds is 14. The largest absolute Gasteiger partial charge is 0.445 e. The van der Waals surface area contributed by atoms with Gasteiger partial charge in [-0.15, -0.1) is 10.3 Å². The maximum Gasteiger partial charge on any atom is 0.410 e. The molecule has 0 atom stereocenters. The van der Waals surface area contributed by atoms with Crippen molar-refractivity contribution in [3.8, 4) is 11.1 Å². The van der Waals surface area contributed by atoms with E-state index in [1.54, 1.807) is 16.0 Å². The number of carbonyl (C=O) groups excluding carboxylic acids is 2. The second kappa shape index (κ2) is 17.5. The summed E-state index contributed by atoms with van der Waals surface area (Å²) in [5.41, 5.74) is 5.00. The first kappa shape index (κ1) is 37.6. The van der Waals surface area contributed by atoms with E-state index in [1.165, 1.54) is 0 Å². The van der Waals surface area contributed by atoms with Gasteiger partial charge in [-0.25, -0.2) is 14.8 Å². The number of piperazine rings is 1. The molecule has 2 amide bonds. The molecule has 0 spiro atoms. The van der Waals surface area contributed by atoms with Gasteiger partial charge in [0.1, 0.15) is 18.2 Å². The van der Waals surface area contributed by atoms with Gasteiger partial charge in [-0.05, 0) is 65.6 Å². The first-order chi connectivity index (χ1) is 24.5. The normalized spacial score (nSPS) is 13.8. The van der Waals surface area contributed by atoms with Crippen molar-refractivity contribution in [2.45, 2.75) is 38.7 Å². The number of hydrogen-bond donors (Lipinski definition) is 3. The van der Waals surface area contributed by atoms with Crippen LogP contribution in [-0.2, 0) is 26.9 Å². The zero-order valence-electron chi connectivity index (χ0n) is 30.4. The highest BCUT2D eigenvalue weighted by atomic mass is 32.3. The van der Waals surface area contributed by atoms with Gasteiger partial charge in [0.15, 0.2) is 0 Å². The van der Waals surface area contributed by atoms with Gasteiger partial charge in [-0.3, -0.25) is 4.79 Å². The average Bonchev–Trinajstić information content (AvgIpc) is 3.13. The average molecular weight is 714 g/mol. The van der Waals surface area contributed by atoms with Crippen LogP contribution in [0.2, 0.25) is 0 Å². The molecule has 3 N–H and O–H groups in total. The summed E-state index contributed by atoms with van der Waals surface area (Å²) in [6.07, 6.45) is 7.71. The molecule has 0 saturated carbocycles. The molecule has 12 heteroatoms. The third-order valence-corrected chi connectivity index (χ3v) is 12.7. The fraction of sp³-hybridized carbons (Fsp3) is 0.385. The van der Waals surface area contributed by atoms with Gasteiger partial charge in [-0.1, -0.05) is 63.2 Å². The van der Waals surface area contributed by atoms with Crippen molar-refractivity contribution in [2.75, 3.05) is 69.0 Å². The Labute approximate surface area is 303 Å². The molecule has 51 heavy (non-hydrogen) atoms. The molecule has 5 rings (SSSR count). The number of carbonyl (C=O) groups is 2. The molecular weight excluding hydrogens is 663 g/mol. The molecule has 272 valence electrons. The number of nitrogens with zero attached hydrogens (tertiary/aromatic N) is 4. The lowest BCUT2D eigenvalue weighted by Crippen LogP contribution is -2.52. The van der Waals surface area contributed by atoms with E-state index in [0.717, 1.165) is 39.6 Å². The first-order valence-corrected chi connectivity index (χ1v) is 19.7. The lowest BCUT2D eigenvalue weighted by molar-refractivity contribution is -0.131. The highest BCUT2D eigenvalue weighted by molar-refractivity contribution is 8.29. The molecule has 1 aliphatic heterocycles. The van der Waals surface area contributed by atoms with Crippen molar-refractivity contribution >= 4 is 39.6 Å². The van der Waals surface area contributed by atoms with E-state index in [1.807, 2.05) is 72.9 Å². The molecule has 0 unspecified atom stereocenters. The predicted molar refractivity (Wildman–Crippen MR) is 207 cm³/mol. The number of pyridine rings is 2. The molecule has 0 bridgehead atoms. The van der Waals surface area contributed by atoms with Crippen LogP contribution in [0.3, 0.4) is 0 Å². The Balaban J connectivity index is 1.00. The van der Waals surface area contributed by atoms with Crippen LogP contribution in [0.1, 0.15) is 31.9 Å². The summed E-state index contributed by atoms with van der Waals surface area (Å²) >= 11 is 0. The Morgan fingerprint density at radius 3 is 2.25 bits per heavy atom. The lowest BCUT2D eigenvalue weighted by Gasteiger charge is -2.43. The van der Waals surface area contributed by atoms with E-state index < -0.39 is 10.3 Å². The standard InChI is InChI=1S/C39H51N7O4S/c1-39(2,3)51(4,5)50-29-31-12-9-13-34(24-31)44-36-25-32(16-17-41-36)33-14-15-35(43-26-33)42-19-18-40-27-37(47)45-20-22-46(23-21-45)38(48)49-28-30-10-7-6-8-11-30/h6-17,24-26,40H,18-23,27-29H2,1-5H3,(H,41,44)(H,42,43). The highest BCUT2D eigenvalue weighted by Crippen LogP contribution is 2.54. The monoisotopic (exact) mass is 713 g/mol. The minimum Gasteiger partial charge on any atom is -0.445 e. The second-order valence-corrected chi connectivity index (χ2v) is 17.7. The summed E-state index contributed by atoms with van der Waals surface area (Å²) in [5, 5.41) is 9.94. The van der Waals surface area contributed by atoms with Crippen molar-refractivity contribution in [3.05, 3.63) is 102 Å². The molecule has 1 saturated heterocycles. The summed E-state index contributed by atoms with van der Waals surface area (Å²) < 4.78 is 11.9. The van der Waals surface area contributed by atoms with Crippen molar-refractivity contribution in [1.29, 1.82) is 0 Å². The van der Waals surface area contributed by atoms with Crippen LogP contribution < -0.4 is 16.0 Å². The van der Waals surface area contributed by atoms with Crippen molar-refractivity contribution in [1.82, 2.24) is 25.1 Å². The van der Waals surface area contributed by atoms with Gasteiger partial charge in [0.05, 0.1) is 13.2 Å². The van der Waals surface area contributed by atoms with Crippen LogP contribution in [-0.4, -0.2) is 94.8 Å². The van der Waals surface area contributed by atoms with Gasteiger partial charge >= 0.3 is 6.09 Å². The topological polar surface area (TPSA) is 121 Å². The van der Waals surface area contributed by atoms with E-state index in [0.29, 0.717) is 45.9 Å². The summed E-state index contributed by atoms with van der Waals surface area (Å²) in [4.78, 5) is 37.7. The van der Waals surface area contributed by atoms with Crippen LogP contribution in [0.4, 0.5) is 22.1 Å². The fourth-order valence-electron chi connectivity index (χ4n) is 5.16. The maximum absolute atomic E-state index is 12.7. The number of aromatic nitrogens is 2. The molecule has 1 aliphatic rings. The van der Waals surface area contributed by atoms with Crippen molar-refractivity contribution < 1.29 is 18.5 Å². The molecule has 2 aromatic carbocycles. The van der Waals surface area contributed by atoms with Gasteiger partial charge in [0, 0.05) is 67.7 Å². The summed E-state index contributed by atoms with van der Waals surface area (Å²) in [5.74, 6) is 1.52. The van der Waals surface area contributed by atoms with E-state index in [2.05, 4.69) is 71.3 Å². The van der Waals surface area contributed by atoms with Crippen LogP contribution in [0.15, 0.2) is 91.3 Å². The smallest absolute Gasteiger partial charge is 0.410 e. The maximum atomic E-state index is 12.7. The second-order valence-electron chi connectivity index (χ2n) is 13.8. The van der Waals surface area contributed by atoms with Crippen molar-refractivity contribution in [3.63, 3.8) is 0 Å².